The predicted molar refractivity (Wildman–Crippen MR) is 150 cm³/mol. The Bertz CT molecular complexity index is 1650. The second-order valence-corrected chi connectivity index (χ2v) is 10.8. The highest BCUT2D eigenvalue weighted by molar-refractivity contribution is 14.1. The van der Waals surface area contributed by atoms with E-state index < -0.39 is 0 Å². The predicted octanol–water partition coefficient (Wildman–Crippen LogP) is 5.32. The van der Waals surface area contributed by atoms with E-state index in [1.165, 1.54) is 28.0 Å². The van der Waals surface area contributed by atoms with E-state index in [1.54, 1.807) is 0 Å². The number of ether oxygens (including phenoxy) is 1. The fraction of sp³-hybridized carbons (Fsp3) is 0.172. The van der Waals surface area contributed by atoms with Crippen molar-refractivity contribution < 1.29 is 4.74 Å². The van der Waals surface area contributed by atoms with Gasteiger partial charge in [0, 0.05) is 9.13 Å². The summed E-state index contributed by atoms with van der Waals surface area (Å²) in [5.74, 6) is 0.838. The lowest BCUT2D eigenvalue weighted by Crippen LogP contribution is -2.38. The number of fused-ring (bicyclic) bond motifs is 3. The summed E-state index contributed by atoms with van der Waals surface area (Å²) in [4.78, 5) is 19.7. The van der Waals surface area contributed by atoms with Gasteiger partial charge in [-0.3, -0.25) is 9.36 Å². The molecule has 3 aromatic carbocycles. The van der Waals surface area contributed by atoms with Gasteiger partial charge in [0.2, 0.25) is 0 Å². The van der Waals surface area contributed by atoms with Gasteiger partial charge in [-0.05, 0) is 88.9 Å². The fourth-order valence-corrected chi connectivity index (χ4v) is 6.50. The molecular weight excluding hydrogens is 567 g/mol. The lowest BCUT2D eigenvalue weighted by Gasteiger charge is -2.30. The molecule has 1 aliphatic heterocycles. The van der Waals surface area contributed by atoms with Crippen LogP contribution in [0.2, 0.25) is 0 Å². The zero-order valence-corrected chi connectivity index (χ0v) is 22.2. The Labute approximate surface area is 221 Å². The van der Waals surface area contributed by atoms with Gasteiger partial charge in [0.15, 0.2) is 4.80 Å². The molecule has 1 aliphatic carbocycles. The van der Waals surface area contributed by atoms with E-state index in [1.807, 2.05) is 47.9 Å². The Morgan fingerprint density at radius 2 is 1.83 bits per heavy atom. The summed E-state index contributed by atoms with van der Waals surface area (Å²) in [7, 11) is 0. The zero-order valence-electron chi connectivity index (χ0n) is 19.2. The molecule has 35 heavy (non-hydrogen) atoms. The molecule has 1 aromatic heterocycles. The van der Waals surface area contributed by atoms with Crippen LogP contribution in [0.25, 0.3) is 11.8 Å². The van der Waals surface area contributed by atoms with E-state index in [4.69, 9.17) is 9.73 Å². The van der Waals surface area contributed by atoms with Crippen LogP contribution in [-0.2, 0) is 6.42 Å². The van der Waals surface area contributed by atoms with Crippen LogP contribution >= 0.6 is 33.9 Å². The first kappa shape index (κ1) is 22.5. The minimum absolute atomic E-state index is 0.0118. The maximum absolute atomic E-state index is 13.8. The van der Waals surface area contributed by atoms with Gasteiger partial charge in [0.05, 0.1) is 22.9 Å². The van der Waals surface area contributed by atoms with E-state index in [0.29, 0.717) is 11.1 Å². The third kappa shape index (κ3) is 3.98. The molecule has 2 aliphatic rings. The average molecular weight is 590 g/mol. The standard InChI is InChI=1S/C29H23IN2O2S/c1-2-34-21-14-11-19(12-15-21)27-23-16-13-18-7-3-5-9-22(18)26(23)31-29-32(27)28(33)25(35-29)17-20-8-4-6-10-24(20)30/h3-12,14-15,17,27H,2,13,16H2,1H3/b25-17-. The number of aromatic nitrogens is 1. The van der Waals surface area contributed by atoms with Crippen LogP contribution in [-0.4, -0.2) is 11.2 Å². The highest BCUT2D eigenvalue weighted by Crippen LogP contribution is 2.41. The second kappa shape index (κ2) is 9.24. The first-order chi connectivity index (χ1) is 17.1. The number of aryl methyl sites for hydroxylation is 1. The molecule has 174 valence electrons. The van der Waals surface area contributed by atoms with Crippen LogP contribution in [0, 0.1) is 3.57 Å². The Kier molecular flexibility index (Phi) is 5.94. The van der Waals surface area contributed by atoms with Crippen LogP contribution in [0.4, 0.5) is 0 Å². The van der Waals surface area contributed by atoms with Gasteiger partial charge in [-0.15, -0.1) is 0 Å². The van der Waals surface area contributed by atoms with Crippen LogP contribution < -0.4 is 19.6 Å². The van der Waals surface area contributed by atoms with Gasteiger partial charge in [-0.1, -0.05) is 65.9 Å². The minimum Gasteiger partial charge on any atom is -0.494 e. The van der Waals surface area contributed by atoms with Crippen LogP contribution in [0.5, 0.6) is 5.75 Å². The summed E-state index contributed by atoms with van der Waals surface area (Å²) in [6.07, 6.45) is 3.83. The summed E-state index contributed by atoms with van der Waals surface area (Å²) < 4.78 is 9.39. The summed E-state index contributed by atoms with van der Waals surface area (Å²) >= 11 is 3.79. The highest BCUT2D eigenvalue weighted by atomic mass is 127. The van der Waals surface area contributed by atoms with Crippen molar-refractivity contribution in [2.75, 3.05) is 6.61 Å². The van der Waals surface area contributed by atoms with Crippen molar-refractivity contribution in [2.45, 2.75) is 25.8 Å². The van der Waals surface area contributed by atoms with Gasteiger partial charge in [0.25, 0.3) is 5.56 Å². The fourth-order valence-electron chi connectivity index (χ4n) is 4.97. The lowest BCUT2D eigenvalue weighted by molar-refractivity contribution is 0.340. The van der Waals surface area contributed by atoms with Crippen molar-refractivity contribution in [3.8, 4) is 5.75 Å². The minimum atomic E-state index is -0.178. The molecular formula is C29H23IN2O2S. The number of benzene rings is 3. The first-order valence-corrected chi connectivity index (χ1v) is 13.6. The molecule has 4 nitrogen and oxygen atoms in total. The lowest BCUT2D eigenvalue weighted by atomic mass is 9.83. The largest absolute Gasteiger partial charge is 0.494 e. The Morgan fingerprint density at radius 3 is 2.63 bits per heavy atom. The van der Waals surface area contributed by atoms with Gasteiger partial charge < -0.3 is 4.74 Å². The van der Waals surface area contributed by atoms with Crippen molar-refractivity contribution in [1.82, 2.24) is 4.57 Å². The molecule has 0 radical (unpaired) electrons. The number of halogens is 1. The number of hydrogen-bond acceptors (Lipinski definition) is 4. The summed E-state index contributed by atoms with van der Waals surface area (Å²) in [5, 5.41) is 0. The molecule has 2 heterocycles. The number of hydrogen-bond donors (Lipinski definition) is 0. The number of allylic oxidation sites excluding steroid dienone is 1. The number of thiazole rings is 1. The summed E-state index contributed by atoms with van der Waals surface area (Å²) in [6.45, 7) is 2.61. The van der Waals surface area contributed by atoms with Gasteiger partial charge in [0.1, 0.15) is 5.75 Å². The van der Waals surface area contributed by atoms with E-state index in [2.05, 4.69) is 65.1 Å². The third-order valence-corrected chi connectivity index (χ3v) is 8.54. The SMILES string of the molecule is CCOc1ccc(C2C3=C(N=c4s/c(=C\c5ccccc5I)c(=O)n42)c2ccccc2CC3)cc1. The van der Waals surface area contributed by atoms with E-state index in [0.717, 1.165) is 43.8 Å². The number of nitrogens with zero attached hydrogens (tertiary/aromatic N) is 2. The number of rotatable bonds is 4. The van der Waals surface area contributed by atoms with Gasteiger partial charge in [-0.25, -0.2) is 4.99 Å². The molecule has 1 unspecified atom stereocenters. The Balaban J connectivity index is 1.60. The van der Waals surface area contributed by atoms with E-state index >= 15 is 0 Å². The Hall–Kier alpha value is -2.97. The third-order valence-electron chi connectivity index (χ3n) is 6.57. The zero-order chi connectivity index (χ0) is 23.9. The Morgan fingerprint density at radius 1 is 1.06 bits per heavy atom. The molecule has 0 N–H and O–H groups in total. The second-order valence-electron chi connectivity index (χ2n) is 8.64. The molecule has 0 amide bonds. The molecule has 0 saturated carbocycles. The smallest absolute Gasteiger partial charge is 0.271 e. The molecule has 4 aromatic rings. The van der Waals surface area contributed by atoms with Crippen LogP contribution in [0.3, 0.4) is 0 Å². The topological polar surface area (TPSA) is 43.6 Å². The first-order valence-electron chi connectivity index (χ1n) is 11.7. The van der Waals surface area contributed by atoms with Crippen molar-refractivity contribution in [3.63, 3.8) is 0 Å². The molecule has 0 fully saturated rings. The quantitative estimate of drug-likeness (QED) is 0.302. The molecule has 6 rings (SSSR count). The van der Waals surface area contributed by atoms with Crippen LogP contribution in [0.1, 0.15) is 41.6 Å². The maximum atomic E-state index is 13.8. The summed E-state index contributed by atoms with van der Waals surface area (Å²) in [5.41, 5.74) is 6.87. The van der Waals surface area contributed by atoms with Gasteiger partial charge in [-0.2, -0.15) is 0 Å². The monoisotopic (exact) mass is 590 g/mol. The van der Waals surface area contributed by atoms with E-state index in [9.17, 15) is 4.79 Å². The van der Waals surface area contributed by atoms with Crippen molar-refractivity contribution in [1.29, 1.82) is 0 Å². The maximum Gasteiger partial charge on any atom is 0.271 e. The summed E-state index contributed by atoms with van der Waals surface area (Å²) in [6, 6.07) is 24.6. The van der Waals surface area contributed by atoms with Crippen molar-refractivity contribution in [3.05, 3.63) is 124 Å². The van der Waals surface area contributed by atoms with Crippen molar-refractivity contribution in [2.24, 2.45) is 4.99 Å². The normalized spacial score (nSPS) is 16.9. The molecule has 1 atom stereocenters. The average Bonchev–Trinajstić information content (AvgIpc) is 3.19. The molecule has 6 heteroatoms. The van der Waals surface area contributed by atoms with Gasteiger partial charge >= 0.3 is 0 Å². The van der Waals surface area contributed by atoms with Crippen molar-refractivity contribution >= 4 is 45.7 Å². The van der Waals surface area contributed by atoms with Crippen LogP contribution in [0.15, 0.2) is 88.2 Å². The molecule has 0 saturated heterocycles. The molecule has 0 spiro atoms. The van der Waals surface area contributed by atoms with E-state index in [-0.39, 0.29) is 11.6 Å². The highest BCUT2D eigenvalue weighted by Gasteiger charge is 2.32. The molecule has 0 bridgehead atoms.